The van der Waals surface area contributed by atoms with E-state index in [0.29, 0.717) is 16.9 Å². The van der Waals surface area contributed by atoms with Gasteiger partial charge in [-0.05, 0) is 26.8 Å². The maximum absolute atomic E-state index is 12.1. The number of fused-ring (bicyclic) bond motifs is 1. The fraction of sp³-hybridized carbons (Fsp3) is 0.357. The standard InChI is InChI=1S/C14H17N5O2/c1-14(2,3)19-6-9(5-15-19)11-7-18-12(13(21)16-11)4-10(8-20)17-18/h4-7,20H,8H2,1-3H3,(H,16,21). The summed E-state index contributed by atoms with van der Waals surface area (Å²) >= 11 is 0. The van der Waals surface area contributed by atoms with Crippen LogP contribution in [-0.4, -0.2) is 29.5 Å². The number of H-pyrrole nitrogens is 1. The van der Waals surface area contributed by atoms with Crippen molar-refractivity contribution >= 4 is 5.52 Å². The minimum atomic E-state index is -0.247. The molecule has 0 spiro atoms. The molecule has 7 heteroatoms. The maximum atomic E-state index is 12.1. The van der Waals surface area contributed by atoms with E-state index in [0.717, 1.165) is 5.56 Å². The Bertz CT molecular complexity index is 850. The number of rotatable bonds is 2. The zero-order valence-corrected chi connectivity index (χ0v) is 12.2. The molecule has 3 rings (SSSR count). The van der Waals surface area contributed by atoms with Gasteiger partial charge in [0, 0.05) is 11.8 Å². The first-order valence-corrected chi connectivity index (χ1v) is 6.66. The second kappa shape index (κ2) is 4.56. The highest BCUT2D eigenvalue weighted by atomic mass is 16.3. The lowest BCUT2D eigenvalue weighted by Gasteiger charge is -2.18. The first-order chi connectivity index (χ1) is 9.88. The van der Waals surface area contributed by atoms with Crippen LogP contribution in [0.3, 0.4) is 0 Å². The third-order valence-electron chi connectivity index (χ3n) is 3.26. The zero-order valence-electron chi connectivity index (χ0n) is 12.2. The van der Waals surface area contributed by atoms with Crippen molar-refractivity contribution < 1.29 is 5.11 Å². The van der Waals surface area contributed by atoms with Crippen LogP contribution in [0.15, 0.2) is 29.5 Å². The third-order valence-corrected chi connectivity index (χ3v) is 3.26. The number of nitrogens with zero attached hydrogens (tertiary/aromatic N) is 4. The Morgan fingerprint density at radius 2 is 2.10 bits per heavy atom. The van der Waals surface area contributed by atoms with Gasteiger partial charge in [-0.15, -0.1) is 0 Å². The van der Waals surface area contributed by atoms with Gasteiger partial charge in [-0.25, -0.2) is 4.52 Å². The molecule has 0 fully saturated rings. The number of aromatic nitrogens is 5. The summed E-state index contributed by atoms with van der Waals surface area (Å²) in [6.07, 6.45) is 5.31. The van der Waals surface area contributed by atoms with Gasteiger partial charge in [0.1, 0.15) is 5.52 Å². The number of aliphatic hydroxyl groups excluding tert-OH is 1. The second-order valence-corrected chi connectivity index (χ2v) is 5.96. The summed E-state index contributed by atoms with van der Waals surface area (Å²) in [7, 11) is 0. The van der Waals surface area contributed by atoms with Gasteiger partial charge in [0.15, 0.2) is 0 Å². The van der Waals surface area contributed by atoms with Gasteiger partial charge in [-0.2, -0.15) is 10.2 Å². The third kappa shape index (κ3) is 2.36. The van der Waals surface area contributed by atoms with E-state index in [1.807, 2.05) is 10.9 Å². The highest BCUT2D eigenvalue weighted by Crippen LogP contribution is 2.19. The molecule has 0 aliphatic heterocycles. The topological polar surface area (TPSA) is 88.2 Å². The van der Waals surface area contributed by atoms with Gasteiger partial charge in [-0.1, -0.05) is 0 Å². The van der Waals surface area contributed by atoms with E-state index in [2.05, 4.69) is 36.0 Å². The normalized spacial score (nSPS) is 12.2. The predicted octanol–water partition coefficient (Wildman–Crippen LogP) is 1.13. The van der Waals surface area contributed by atoms with Crippen molar-refractivity contribution in [2.24, 2.45) is 0 Å². The van der Waals surface area contributed by atoms with Gasteiger partial charge in [-0.3, -0.25) is 9.48 Å². The molecular weight excluding hydrogens is 270 g/mol. The molecule has 3 aromatic rings. The molecule has 21 heavy (non-hydrogen) atoms. The van der Waals surface area contributed by atoms with Crippen LogP contribution in [0.2, 0.25) is 0 Å². The van der Waals surface area contributed by atoms with Crippen molar-refractivity contribution in [2.75, 3.05) is 0 Å². The van der Waals surface area contributed by atoms with Crippen LogP contribution in [0.25, 0.3) is 16.8 Å². The molecule has 0 saturated carbocycles. The van der Waals surface area contributed by atoms with Crippen LogP contribution in [0.1, 0.15) is 26.5 Å². The first-order valence-electron chi connectivity index (χ1n) is 6.66. The number of hydrogen-bond donors (Lipinski definition) is 2. The predicted molar refractivity (Wildman–Crippen MR) is 78.0 cm³/mol. The molecule has 3 heterocycles. The van der Waals surface area contributed by atoms with Gasteiger partial charge >= 0.3 is 0 Å². The molecule has 0 radical (unpaired) electrons. The van der Waals surface area contributed by atoms with E-state index in [4.69, 9.17) is 5.11 Å². The van der Waals surface area contributed by atoms with Crippen molar-refractivity contribution in [3.05, 3.63) is 40.7 Å². The van der Waals surface area contributed by atoms with Crippen molar-refractivity contribution in [1.82, 2.24) is 24.4 Å². The van der Waals surface area contributed by atoms with E-state index in [-0.39, 0.29) is 17.7 Å². The summed E-state index contributed by atoms with van der Waals surface area (Å²) in [5, 5.41) is 17.6. The van der Waals surface area contributed by atoms with E-state index < -0.39 is 0 Å². The molecule has 0 amide bonds. The monoisotopic (exact) mass is 287 g/mol. The molecule has 0 aromatic carbocycles. The van der Waals surface area contributed by atoms with Crippen molar-refractivity contribution in [2.45, 2.75) is 32.9 Å². The van der Waals surface area contributed by atoms with Crippen molar-refractivity contribution in [3.63, 3.8) is 0 Å². The fourth-order valence-electron chi connectivity index (χ4n) is 2.11. The Labute approximate surface area is 120 Å². The van der Waals surface area contributed by atoms with E-state index >= 15 is 0 Å². The van der Waals surface area contributed by atoms with E-state index in [1.54, 1.807) is 18.5 Å². The van der Waals surface area contributed by atoms with Crippen LogP contribution >= 0.6 is 0 Å². The van der Waals surface area contributed by atoms with Crippen molar-refractivity contribution in [3.8, 4) is 11.3 Å². The Kier molecular flexibility index (Phi) is 2.94. The quantitative estimate of drug-likeness (QED) is 0.739. The number of nitrogens with one attached hydrogen (secondary N) is 1. The summed E-state index contributed by atoms with van der Waals surface area (Å²) < 4.78 is 3.32. The lowest BCUT2D eigenvalue weighted by Crippen LogP contribution is -2.21. The Morgan fingerprint density at radius 3 is 2.71 bits per heavy atom. The first kappa shape index (κ1) is 13.6. The summed E-state index contributed by atoms with van der Waals surface area (Å²) in [5.41, 5.74) is 1.94. The highest BCUT2D eigenvalue weighted by Gasteiger charge is 2.15. The molecule has 7 nitrogen and oxygen atoms in total. The maximum Gasteiger partial charge on any atom is 0.274 e. The van der Waals surface area contributed by atoms with E-state index in [9.17, 15) is 4.79 Å². The smallest absolute Gasteiger partial charge is 0.274 e. The Hall–Kier alpha value is -2.41. The lowest BCUT2D eigenvalue weighted by molar-refractivity contribution is 0.276. The van der Waals surface area contributed by atoms with Crippen molar-refractivity contribution in [1.29, 1.82) is 0 Å². The molecule has 0 atom stereocenters. The number of hydrogen-bond acceptors (Lipinski definition) is 4. The molecule has 0 unspecified atom stereocenters. The highest BCUT2D eigenvalue weighted by molar-refractivity contribution is 5.58. The Balaban J connectivity index is 2.12. The molecule has 0 aliphatic carbocycles. The molecule has 110 valence electrons. The summed E-state index contributed by atoms with van der Waals surface area (Å²) in [5.74, 6) is 0. The van der Waals surface area contributed by atoms with Gasteiger partial charge in [0.25, 0.3) is 5.56 Å². The molecule has 0 saturated heterocycles. The van der Waals surface area contributed by atoms with Gasteiger partial charge < -0.3 is 10.1 Å². The second-order valence-electron chi connectivity index (χ2n) is 5.96. The van der Waals surface area contributed by atoms with Crippen LogP contribution in [0.5, 0.6) is 0 Å². The number of aliphatic hydroxyl groups is 1. The summed E-state index contributed by atoms with van der Waals surface area (Å²) in [4.78, 5) is 14.9. The summed E-state index contributed by atoms with van der Waals surface area (Å²) in [6.45, 7) is 5.96. The fourth-order valence-corrected chi connectivity index (χ4v) is 2.11. The Morgan fingerprint density at radius 1 is 1.33 bits per heavy atom. The average molecular weight is 287 g/mol. The minimum Gasteiger partial charge on any atom is -0.390 e. The minimum absolute atomic E-state index is 0.127. The molecule has 0 aliphatic rings. The van der Waals surface area contributed by atoms with E-state index in [1.165, 1.54) is 4.52 Å². The van der Waals surface area contributed by atoms with Gasteiger partial charge in [0.2, 0.25) is 0 Å². The average Bonchev–Trinajstić information content (AvgIpc) is 3.04. The SMILES string of the molecule is CC(C)(C)n1cc(-c2cn3nc(CO)cc3c(=O)[nH]2)cn1. The number of aromatic amines is 1. The molecule has 3 aromatic heterocycles. The molecule has 0 bridgehead atoms. The largest absolute Gasteiger partial charge is 0.390 e. The van der Waals surface area contributed by atoms with Gasteiger partial charge in [0.05, 0.1) is 35.9 Å². The van der Waals surface area contributed by atoms with Crippen LogP contribution in [0, 0.1) is 0 Å². The van der Waals surface area contributed by atoms with Crippen LogP contribution < -0.4 is 5.56 Å². The molecule has 2 N–H and O–H groups in total. The lowest BCUT2D eigenvalue weighted by atomic mass is 10.1. The van der Waals surface area contributed by atoms with Crippen LogP contribution in [-0.2, 0) is 12.1 Å². The zero-order chi connectivity index (χ0) is 15.2. The summed E-state index contributed by atoms with van der Waals surface area (Å²) in [6, 6.07) is 1.57. The van der Waals surface area contributed by atoms with Crippen LogP contribution in [0.4, 0.5) is 0 Å². The molecular formula is C14H17N5O2.